The van der Waals surface area contributed by atoms with Gasteiger partial charge in [-0.25, -0.2) is 0 Å². The van der Waals surface area contributed by atoms with Gasteiger partial charge >= 0.3 is 0 Å². The van der Waals surface area contributed by atoms with Gasteiger partial charge in [0.2, 0.25) is 0 Å². The predicted molar refractivity (Wildman–Crippen MR) is 78.8 cm³/mol. The van der Waals surface area contributed by atoms with Crippen LogP contribution in [0.5, 0.6) is 11.5 Å². The third kappa shape index (κ3) is 2.70. The molecule has 3 nitrogen and oxygen atoms in total. The number of para-hydroxylation sites is 2. The molecule has 20 heavy (non-hydrogen) atoms. The summed E-state index contributed by atoms with van der Waals surface area (Å²) >= 11 is 1.69. The van der Waals surface area contributed by atoms with Crippen LogP contribution in [-0.2, 0) is 17.6 Å². The summed E-state index contributed by atoms with van der Waals surface area (Å²) in [5.41, 5.74) is 0. The van der Waals surface area contributed by atoms with Crippen LogP contribution in [0.25, 0.3) is 0 Å². The first-order valence-corrected chi connectivity index (χ1v) is 7.56. The number of fused-ring (bicyclic) bond motifs is 1. The van der Waals surface area contributed by atoms with Gasteiger partial charge < -0.3 is 9.47 Å². The maximum Gasteiger partial charge on any atom is 0.191 e. The maximum absolute atomic E-state index is 12.3. The van der Waals surface area contributed by atoms with Crippen molar-refractivity contribution in [3.8, 4) is 11.5 Å². The molecule has 1 aromatic heterocycles. The number of carbonyl (C=O) groups is 1. The Morgan fingerprint density at radius 3 is 2.70 bits per heavy atom. The van der Waals surface area contributed by atoms with Crippen molar-refractivity contribution in [3.05, 3.63) is 46.2 Å². The van der Waals surface area contributed by atoms with Gasteiger partial charge in [0, 0.05) is 16.2 Å². The topological polar surface area (TPSA) is 35.5 Å². The normalized spacial score (nSPS) is 16.9. The summed E-state index contributed by atoms with van der Waals surface area (Å²) in [4.78, 5) is 14.7. The number of thiophene rings is 1. The summed E-state index contributed by atoms with van der Waals surface area (Å²) in [5.74, 6) is 1.43. The Kier molecular flexibility index (Phi) is 3.74. The third-order valence-corrected chi connectivity index (χ3v) is 4.51. The monoisotopic (exact) mass is 288 g/mol. The van der Waals surface area contributed by atoms with Gasteiger partial charge in [-0.05, 0) is 30.7 Å². The fourth-order valence-electron chi connectivity index (χ4n) is 2.17. The zero-order valence-corrected chi connectivity index (χ0v) is 12.1. The number of hydrogen-bond acceptors (Lipinski definition) is 4. The fraction of sp³-hybridized carbons (Fsp3) is 0.312. The van der Waals surface area contributed by atoms with Gasteiger partial charge in [-0.15, -0.1) is 11.3 Å². The molecule has 3 rings (SSSR count). The van der Waals surface area contributed by atoms with Crippen LogP contribution in [0.1, 0.15) is 16.7 Å². The summed E-state index contributed by atoms with van der Waals surface area (Å²) < 4.78 is 11.3. The molecular formula is C16H16O3S. The zero-order chi connectivity index (χ0) is 13.9. The Labute approximate surface area is 122 Å². The van der Waals surface area contributed by atoms with Crippen molar-refractivity contribution in [1.29, 1.82) is 0 Å². The van der Waals surface area contributed by atoms with Crippen LogP contribution >= 0.6 is 11.3 Å². The van der Waals surface area contributed by atoms with E-state index in [2.05, 4.69) is 13.0 Å². The van der Waals surface area contributed by atoms with Crippen molar-refractivity contribution >= 4 is 17.1 Å². The van der Waals surface area contributed by atoms with Gasteiger partial charge in [0.25, 0.3) is 0 Å². The van der Waals surface area contributed by atoms with Crippen molar-refractivity contribution in [2.45, 2.75) is 25.9 Å². The standard InChI is InChI=1S/C16H16O3S/c1-2-11-7-8-12(20-11)9-13(17)16-10-18-14-5-3-4-6-15(14)19-16/h3-8,16H,2,9-10H2,1H3. The molecule has 1 unspecified atom stereocenters. The molecule has 1 aliphatic heterocycles. The van der Waals surface area contributed by atoms with Crippen molar-refractivity contribution in [2.24, 2.45) is 0 Å². The number of benzene rings is 1. The molecule has 104 valence electrons. The number of ketones is 1. The lowest BCUT2D eigenvalue weighted by atomic mass is 10.1. The SMILES string of the molecule is CCc1ccc(CC(=O)C2COc3ccccc3O2)s1. The number of hydrogen-bond donors (Lipinski definition) is 0. The molecular weight excluding hydrogens is 272 g/mol. The van der Waals surface area contributed by atoms with Crippen molar-refractivity contribution in [1.82, 2.24) is 0 Å². The van der Waals surface area contributed by atoms with Crippen LogP contribution in [0.3, 0.4) is 0 Å². The lowest BCUT2D eigenvalue weighted by molar-refractivity contribution is -0.127. The number of carbonyl (C=O) groups excluding carboxylic acids is 1. The van der Waals surface area contributed by atoms with Crippen LogP contribution in [0.15, 0.2) is 36.4 Å². The molecule has 0 fully saturated rings. The van der Waals surface area contributed by atoms with E-state index in [0.29, 0.717) is 24.5 Å². The summed E-state index contributed by atoms with van der Waals surface area (Å²) in [7, 11) is 0. The van der Waals surface area contributed by atoms with Gasteiger partial charge in [0.15, 0.2) is 23.4 Å². The quantitative estimate of drug-likeness (QED) is 0.866. The first kappa shape index (κ1) is 13.2. The minimum absolute atomic E-state index is 0.0732. The highest BCUT2D eigenvalue weighted by Crippen LogP contribution is 2.31. The smallest absolute Gasteiger partial charge is 0.191 e. The Morgan fingerprint density at radius 1 is 1.20 bits per heavy atom. The number of Topliss-reactive ketones (excluding diaryl/α,β-unsaturated/α-hetero) is 1. The van der Waals surface area contributed by atoms with Gasteiger partial charge in [-0.2, -0.15) is 0 Å². The van der Waals surface area contributed by atoms with Crippen LogP contribution < -0.4 is 9.47 Å². The lowest BCUT2D eigenvalue weighted by Gasteiger charge is -2.25. The highest BCUT2D eigenvalue weighted by atomic mass is 32.1. The first-order chi connectivity index (χ1) is 9.76. The average molecular weight is 288 g/mol. The molecule has 0 aliphatic carbocycles. The lowest BCUT2D eigenvalue weighted by Crippen LogP contribution is -2.37. The van der Waals surface area contributed by atoms with Gasteiger partial charge in [-0.3, -0.25) is 4.79 Å². The van der Waals surface area contributed by atoms with Crippen molar-refractivity contribution in [3.63, 3.8) is 0 Å². The molecule has 1 aliphatic rings. The van der Waals surface area contributed by atoms with E-state index in [1.807, 2.05) is 30.3 Å². The number of aryl methyl sites for hydroxylation is 1. The first-order valence-electron chi connectivity index (χ1n) is 6.75. The average Bonchev–Trinajstić information content (AvgIpc) is 2.94. The molecule has 2 heterocycles. The van der Waals surface area contributed by atoms with Crippen LogP contribution in [0.4, 0.5) is 0 Å². The summed E-state index contributed by atoms with van der Waals surface area (Å²) in [6.45, 7) is 2.41. The molecule has 0 saturated carbocycles. The predicted octanol–water partition coefficient (Wildman–Crippen LogP) is 3.26. The summed E-state index contributed by atoms with van der Waals surface area (Å²) in [5, 5.41) is 0. The van der Waals surface area contributed by atoms with Crippen LogP contribution in [0.2, 0.25) is 0 Å². The largest absolute Gasteiger partial charge is 0.485 e. The van der Waals surface area contributed by atoms with E-state index in [1.165, 1.54) is 4.88 Å². The van der Waals surface area contributed by atoms with E-state index in [1.54, 1.807) is 11.3 Å². The van der Waals surface area contributed by atoms with Gasteiger partial charge in [-0.1, -0.05) is 19.1 Å². The Hall–Kier alpha value is -1.81. The van der Waals surface area contributed by atoms with E-state index in [9.17, 15) is 4.79 Å². The van der Waals surface area contributed by atoms with Gasteiger partial charge in [0.1, 0.15) is 6.61 Å². The van der Waals surface area contributed by atoms with Crippen molar-refractivity contribution in [2.75, 3.05) is 6.61 Å². The minimum atomic E-state index is -0.503. The van der Waals surface area contributed by atoms with E-state index in [-0.39, 0.29) is 5.78 Å². The second-order valence-corrected chi connectivity index (χ2v) is 5.98. The highest BCUT2D eigenvalue weighted by molar-refractivity contribution is 7.12. The summed E-state index contributed by atoms with van der Waals surface area (Å²) in [6.07, 6.45) is 0.924. The van der Waals surface area contributed by atoms with E-state index in [4.69, 9.17) is 9.47 Å². The minimum Gasteiger partial charge on any atom is -0.485 e. The molecule has 0 saturated heterocycles. The summed E-state index contributed by atoms with van der Waals surface area (Å²) in [6, 6.07) is 11.6. The molecule has 0 spiro atoms. The molecule has 0 N–H and O–H groups in total. The Morgan fingerprint density at radius 2 is 1.95 bits per heavy atom. The molecule has 0 amide bonds. The van der Waals surface area contributed by atoms with E-state index in [0.717, 1.165) is 11.3 Å². The molecule has 2 aromatic rings. The fourth-order valence-corrected chi connectivity index (χ4v) is 3.14. The zero-order valence-electron chi connectivity index (χ0n) is 11.3. The Balaban J connectivity index is 1.67. The van der Waals surface area contributed by atoms with E-state index >= 15 is 0 Å². The van der Waals surface area contributed by atoms with Crippen LogP contribution in [-0.4, -0.2) is 18.5 Å². The third-order valence-electron chi connectivity index (χ3n) is 3.28. The second-order valence-electron chi connectivity index (χ2n) is 4.73. The Bertz CT molecular complexity index is 618. The van der Waals surface area contributed by atoms with Crippen molar-refractivity contribution < 1.29 is 14.3 Å². The molecule has 1 atom stereocenters. The highest BCUT2D eigenvalue weighted by Gasteiger charge is 2.27. The van der Waals surface area contributed by atoms with E-state index < -0.39 is 6.10 Å². The number of rotatable bonds is 4. The van der Waals surface area contributed by atoms with Crippen LogP contribution in [0, 0.1) is 0 Å². The van der Waals surface area contributed by atoms with Gasteiger partial charge in [0.05, 0.1) is 0 Å². The maximum atomic E-state index is 12.3. The number of ether oxygens (including phenoxy) is 2. The second kappa shape index (κ2) is 5.67. The molecule has 4 heteroatoms. The molecule has 0 bridgehead atoms. The molecule has 0 radical (unpaired) electrons. The molecule has 1 aromatic carbocycles.